The number of rotatable bonds is 1. The van der Waals surface area contributed by atoms with Crippen LogP contribution in [0, 0.1) is 0 Å². The third-order valence-corrected chi connectivity index (χ3v) is 3.65. The zero-order valence-electron chi connectivity index (χ0n) is 11.0. The number of aromatic nitrogens is 1. The van der Waals surface area contributed by atoms with Crippen LogP contribution in [0.4, 0.5) is 0 Å². The summed E-state index contributed by atoms with van der Waals surface area (Å²) in [5.74, 6) is -0.0977. The number of nitrogens with zero attached hydrogens (tertiary/aromatic N) is 2. The van der Waals surface area contributed by atoms with Crippen LogP contribution in [-0.2, 0) is 0 Å². The fourth-order valence-electron chi connectivity index (χ4n) is 2.31. The number of carbonyl (C=O) groups excluding carboxylic acids is 1. The first-order valence-corrected chi connectivity index (χ1v) is 6.19. The minimum atomic E-state index is -0.240. The van der Waals surface area contributed by atoms with Gasteiger partial charge in [0.2, 0.25) is 5.56 Å². The zero-order valence-corrected chi connectivity index (χ0v) is 11.0. The molecule has 0 saturated carbocycles. The van der Waals surface area contributed by atoms with Crippen LogP contribution in [0.25, 0.3) is 0 Å². The van der Waals surface area contributed by atoms with Crippen molar-refractivity contribution in [2.75, 3.05) is 20.1 Å². The van der Waals surface area contributed by atoms with Gasteiger partial charge in [0.05, 0.1) is 0 Å². The molecule has 1 fully saturated rings. The van der Waals surface area contributed by atoms with Gasteiger partial charge in [-0.1, -0.05) is 6.07 Å². The number of likely N-dealkylation sites (N-methyl/N-ethyl adjacent to an activating group) is 1. The molecule has 1 aromatic rings. The van der Waals surface area contributed by atoms with E-state index >= 15 is 0 Å². The van der Waals surface area contributed by atoms with Crippen LogP contribution in [-0.4, -0.2) is 52.9 Å². The normalized spacial score (nSPS) is 25.2. The second-order valence-corrected chi connectivity index (χ2v) is 5.00. The fourth-order valence-corrected chi connectivity index (χ4v) is 2.31. The second kappa shape index (κ2) is 4.94. The van der Waals surface area contributed by atoms with Crippen molar-refractivity contribution in [3.8, 4) is 0 Å². The molecule has 0 bridgehead atoms. The molecule has 2 unspecified atom stereocenters. The Morgan fingerprint density at radius 3 is 2.44 bits per heavy atom. The maximum atomic E-state index is 12.3. The van der Waals surface area contributed by atoms with Gasteiger partial charge in [0.25, 0.3) is 5.91 Å². The Labute approximate surface area is 106 Å². The molecule has 1 aliphatic heterocycles. The van der Waals surface area contributed by atoms with E-state index in [4.69, 9.17) is 0 Å². The van der Waals surface area contributed by atoms with Crippen molar-refractivity contribution in [3.05, 3.63) is 34.2 Å². The highest BCUT2D eigenvalue weighted by atomic mass is 16.2. The van der Waals surface area contributed by atoms with Crippen molar-refractivity contribution in [2.45, 2.75) is 25.9 Å². The Morgan fingerprint density at radius 2 is 1.89 bits per heavy atom. The average Bonchev–Trinajstić information content (AvgIpc) is 2.34. The molecule has 1 aromatic heterocycles. The van der Waals surface area contributed by atoms with Crippen molar-refractivity contribution in [2.24, 2.45) is 0 Å². The molecule has 2 heterocycles. The van der Waals surface area contributed by atoms with E-state index in [1.807, 2.05) is 0 Å². The van der Waals surface area contributed by atoms with E-state index in [1.165, 1.54) is 6.07 Å². The molecule has 5 heteroatoms. The maximum Gasteiger partial charge on any atom is 0.270 e. The first kappa shape index (κ1) is 12.8. The Kier molecular flexibility index (Phi) is 3.52. The summed E-state index contributed by atoms with van der Waals surface area (Å²) in [6.07, 6.45) is 0. The van der Waals surface area contributed by atoms with Gasteiger partial charge >= 0.3 is 0 Å². The smallest absolute Gasteiger partial charge is 0.270 e. The highest BCUT2D eigenvalue weighted by Gasteiger charge is 2.29. The monoisotopic (exact) mass is 249 g/mol. The van der Waals surface area contributed by atoms with Crippen LogP contribution in [0.15, 0.2) is 23.0 Å². The van der Waals surface area contributed by atoms with E-state index in [0.29, 0.717) is 30.9 Å². The SMILES string of the molecule is CC1CN(C(=O)c2cccc(=O)[nH]2)CC(C)N1C. The topological polar surface area (TPSA) is 56.4 Å². The van der Waals surface area contributed by atoms with E-state index in [-0.39, 0.29) is 11.5 Å². The van der Waals surface area contributed by atoms with Crippen molar-refractivity contribution in [1.29, 1.82) is 0 Å². The Balaban J connectivity index is 2.17. The summed E-state index contributed by atoms with van der Waals surface area (Å²) < 4.78 is 0. The molecule has 0 aromatic carbocycles. The van der Waals surface area contributed by atoms with Gasteiger partial charge in [-0.3, -0.25) is 14.5 Å². The molecule has 0 aliphatic carbocycles. The molecule has 0 spiro atoms. The van der Waals surface area contributed by atoms with Crippen LogP contribution >= 0.6 is 0 Å². The number of H-pyrrole nitrogens is 1. The van der Waals surface area contributed by atoms with Crippen LogP contribution in [0.5, 0.6) is 0 Å². The van der Waals surface area contributed by atoms with E-state index in [0.717, 1.165) is 0 Å². The number of piperazine rings is 1. The van der Waals surface area contributed by atoms with Gasteiger partial charge < -0.3 is 9.88 Å². The highest BCUT2D eigenvalue weighted by molar-refractivity contribution is 5.92. The third-order valence-electron chi connectivity index (χ3n) is 3.65. The first-order valence-electron chi connectivity index (χ1n) is 6.19. The largest absolute Gasteiger partial charge is 0.334 e. The summed E-state index contributed by atoms with van der Waals surface area (Å²) in [4.78, 5) is 30.2. The highest BCUT2D eigenvalue weighted by Crippen LogP contribution is 2.14. The predicted molar refractivity (Wildman–Crippen MR) is 69.7 cm³/mol. The number of carbonyl (C=O) groups is 1. The van der Waals surface area contributed by atoms with Gasteiger partial charge in [0.15, 0.2) is 0 Å². The van der Waals surface area contributed by atoms with Crippen LogP contribution < -0.4 is 5.56 Å². The molecule has 0 radical (unpaired) electrons. The quantitative estimate of drug-likeness (QED) is 0.790. The Bertz CT molecular complexity index is 485. The van der Waals surface area contributed by atoms with Crippen molar-refractivity contribution < 1.29 is 4.79 Å². The van der Waals surface area contributed by atoms with Crippen molar-refractivity contribution in [3.63, 3.8) is 0 Å². The van der Waals surface area contributed by atoms with Gasteiger partial charge in [-0.2, -0.15) is 0 Å². The summed E-state index contributed by atoms with van der Waals surface area (Å²) >= 11 is 0. The molecule has 2 atom stereocenters. The maximum absolute atomic E-state index is 12.3. The number of amides is 1. The van der Waals surface area contributed by atoms with Gasteiger partial charge in [-0.25, -0.2) is 0 Å². The van der Waals surface area contributed by atoms with Gasteiger partial charge in [0, 0.05) is 31.2 Å². The lowest BCUT2D eigenvalue weighted by molar-refractivity contribution is 0.0409. The molecule has 2 rings (SSSR count). The van der Waals surface area contributed by atoms with Crippen LogP contribution in [0.3, 0.4) is 0 Å². The number of nitrogens with one attached hydrogen (secondary N) is 1. The second-order valence-electron chi connectivity index (χ2n) is 5.00. The predicted octanol–water partition coefficient (Wildman–Crippen LogP) is 0.540. The van der Waals surface area contributed by atoms with Crippen LogP contribution in [0.2, 0.25) is 0 Å². The van der Waals surface area contributed by atoms with E-state index in [2.05, 4.69) is 30.8 Å². The molecule has 1 saturated heterocycles. The molecule has 5 nitrogen and oxygen atoms in total. The number of pyridine rings is 1. The van der Waals surface area contributed by atoms with Gasteiger partial charge in [0.1, 0.15) is 5.69 Å². The summed E-state index contributed by atoms with van der Waals surface area (Å²) in [6, 6.07) is 5.32. The molecule has 18 heavy (non-hydrogen) atoms. The van der Waals surface area contributed by atoms with Gasteiger partial charge in [-0.05, 0) is 27.0 Å². The minimum Gasteiger partial charge on any atom is -0.334 e. The summed E-state index contributed by atoms with van der Waals surface area (Å²) in [5, 5.41) is 0. The number of hydrogen-bond acceptors (Lipinski definition) is 3. The Hall–Kier alpha value is -1.62. The lowest BCUT2D eigenvalue weighted by Crippen LogP contribution is -2.56. The lowest BCUT2D eigenvalue weighted by Gasteiger charge is -2.42. The molecule has 1 aliphatic rings. The Morgan fingerprint density at radius 1 is 1.28 bits per heavy atom. The summed E-state index contributed by atoms with van der Waals surface area (Å²) in [5.41, 5.74) is 0.127. The van der Waals surface area contributed by atoms with E-state index < -0.39 is 0 Å². The molecule has 98 valence electrons. The molecular weight excluding hydrogens is 230 g/mol. The minimum absolute atomic E-state index is 0.0977. The molecule has 1 N–H and O–H groups in total. The fraction of sp³-hybridized carbons (Fsp3) is 0.538. The summed E-state index contributed by atoms with van der Waals surface area (Å²) in [6.45, 7) is 5.58. The van der Waals surface area contributed by atoms with Crippen molar-refractivity contribution in [1.82, 2.24) is 14.8 Å². The van der Waals surface area contributed by atoms with Gasteiger partial charge in [-0.15, -0.1) is 0 Å². The van der Waals surface area contributed by atoms with E-state index in [1.54, 1.807) is 17.0 Å². The lowest BCUT2D eigenvalue weighted by atomic mass is 10.1. The zero-order chi connectivity index (χ0) is 13.3. The van der Waals surface area contributed by atoms with Crippen LogP contribution in [0.1, 0.15) is 24.3 Å². The number of hydrogen-bond donors (Lipinski definition) is 1. The molecular formula is C13H19N3O2. The van der Waals surface area contributed by atoms with E-state index in [9.17, 15) is 9.59 Å². The first-order chi connectivity index (χ1) is 8.49. The molecule has 1 amide bonds. The third kappa shape index (κ3) is 2.46. The van der Waals surface area contributed by atoms with Crippen molar-refractivity contribution >= 4 is 5.91 Å². The number of aromatic amines is 1. The summed E-state index contributed by atoms with van der Waals surface area (Å²) in [7, 11) is 2.07. The average molecular weight is 249 g/mol. The standard InChI is InChI=1S/C13H19N3O2/c1-9-7-16(8-10(2)15(9)3)13(18)11-5-4-6-12(17)14-11/h4-6,9-10H,7-8H2,1-3H3,(H,14,17).